The second-order valence-corrected chi connectivity index (χ2v) is 4.61. The van der Waals surface area contributed by atoms with E-state index in [-0.39, 0.29) is 0 Å². The number of ether oxygens (including phenoxy) is 1. The minimum atomic E-state index is -1.32. The highest BCUT2D eigenvalue weighted by molar-refractivity contribution is 5.71. The van der Waals surface area contributed by atoms with Crippen LogP contribution < -0.4 is 9.30 Å². The summed E-state index contributed by atoms with van der Waals surface area (Å²) in [6.45, 7) is 2.46. The van der Waals surface area contributed by atoms with Gasteiger partial charge in [-0.15, -0.1) is 0 Å². The molecule has 1 aliphatic heterocycles. The number of pyridine rings is 1. The minimum Gasteiger partial charge on any atom is -0.492 e. The highest BCUT2D eigenvalue weighted by Crippen LogP contribution is 2.37. The van der Waals surface area contributed by atoms with E-state index in [0.717, 1.165) is 16.8 Å². The van der Waals surface area contributed by atoms with Crippen molar-refractivity contribution < 1.29 is 12.0 Å². The van der Waals surface area contributed by atoms with E-state index in [2.05, 4.69) is 0 Å². The van der Waals surface area contributed by atoms with Gasteiger partial charge in [0.25, 0.3) is 0 Å². The van der Waals surface area contributed by atoms with E-state index in [4.69, 9.17) is 7.48 Å². The van der Waals surface area contributed by atoms with Crippen molar-refractivity contribution >= 4 is 0 Å². The summed E-state index contributed by atoms with van der Waals surface area (Å²) in [4.78, 5) is 0. The van der Waals surface area contributed by atoms with Gasteiger partial charge in [-0.05, 0) is 36.9 Å². The molecule has 18 heavy (non-hydrogen) atoms. The second kappa shape index (κ2) is 4.45. The largest absolute Gasteiger partial charge is 0.492 e. The third-order valence-electron chi connectivity index (χ3n) is 3.34. The van der Waals surface area contributed by atoms with E-state index in [9.17, 15) is 0 Å². The molecule has 1 aromatic heterocycles. The summed E-state index contributed by atoms with van der Waals surface area (Å²) in [5.41, 5.74) is 3.80. The molecule has 0 unspecified atom stereocenters. The lowest BCUT2D eigenvalue weighted by Gasteiger charge is -2.20. The third-order valence-corrected chi connectivity index (χ3v) is 3.34. The maximum atomic E-state index is 8.17. The number of benzene rings is 1. The van der Waals surface area contributed by atoms with Crippen LogP contribution in [0.1, 0.15) is 20.3 Å². The summed E-state index contributed by atoms with van der Waals surface area (Å²) < 4.78 is 24.2. The standard InChI is InChI=1S/C16H18NO/c1-12-8-9-13-6-5-11-18-16(13)15(12)14-7-3-4-10-17(14)2/h3-4,7-10H,5-6,11H2,1-2H3/q+1/i6D2. The summed E-state index contributed by atoms with van der Waals surface area (Å²) >= 11 is 0. The first-order chi connectivity index (χ1) is 9.50. The van der Waals surface area contributed by atoms with Crippen LogP contribution in [-0.2, 0) is 13.4 Å². The van der Waals surface area contributed by atoms with Crippen LogP contribution in [0.4, 0.5) is 0 Å². The van der Waals surface area contributed by atoms with Crippen LogP contribution in [0.15, 0.2) is 36.5 Å². The first-order valence-electron chi connectivity index (χ1n) is 7.22. The molecule has 2 nitrogen and oxygen atoms in total. The summed E-state index contributed by atoms with van der Waals surface area (Å²) in [6, 6.07) is 9.85. The van der Waals surface area contributed by atoms with Crippen LogP contribution in [0, 0.1) is 6.92 Å². The number of nitrogens with zero attached hydrogens (tertiary/aromatic N) is 1. The van der Waals surface area contributed by atoms with Crippen LogP contribution in [0.5, 0.6) is 5.75 Å². The van der Waals surface area contributed by atoms with Crippen molar-refractivity contribution in [1.82, 2.24) is 0 Å². The molecular weight excluding hydrogens is 222 g/mol. The zero-order chi connectivity index (χ0) is 14.3. The van der Waals surface area contributed by atoms with Crippen LogP contribution in [-0.4, -0.2) is 6.61 Å². The van der Waals surface area contributed by atoms with Gasteiger partial charge in [0, 0.05) is 14.9 Å². The summed E-state index contributed by atoms with van der Waals surface area (Å²) in [5.74, 6) is 0.697. The Morgan fingerprint density at radius 2 is 2.17 bits per heavy atom. The van der Waals surface area contributed by atoms with Crippen LogP contribution in [0.3, 0.4) is 0 Å². The molecule has 0 fully saturated rings. The van der Waals surface area contributed by atoms with Crippen LogP contribution in [0.2, 0.25) is 0 Å². The van der Waals surface area contributed by atoms with Gasteiger partial charge in [0.05, 0.1) is 12.2 Å². The highest BCUT2D eigenvalue weighted by atomic mass is 16.5. The summed E-state index contributed by atoms with van der Waals surface area (Å²) in [6.07, 6.45) is 1.08. The Bertz CT molecular complexity index is 668. The smallest absolute Gasteiger partial charge is 0.216 e. The van der Waals surface area contributed by atoms with E-state index in [1.165, 1.54) is 0 Å². The lowest BCUT2D eigenvalue weighted by molar-refractivity contribution is -0.660. The number of aromatic nitrogens is 1. The summed E-state index contributed by atoms with van der Waals surface area (Å²) in [7, 11) is 1.99. The fourth-order valence-electron chi connectivity index (χ4n) is 2.41. The molecule has 0 amide bonds. The van der Waals surface area contributed by atoms with Crippen molar-refractivity contribution in [1.29, 1.82) is 0 Å². The topological polar surface area (TPSA) is 13.1 Å². The predicted molar refractivity (Wildman–Crippen MR) is 71.6 cm³/mol. The first kappa shape index (κ1) is 9.15. The normalized spacial score (nSPS) is 18.3. The monoisotopic (exact) mass is 242 g/mol. The van der Waals surface area contributed by atoms with Crippen molar-refractivity contribution in [2.24, 2.45) is 7.05 Å². The van der Waals surface area contributed by atoms with Crippen molar-refractivity contribution in [3.63, 3.8) is 0 Å². The molecule has 0 spiro atoms. The average molecular weight is 242 g/mol. The Kier molecular flexibility index (Phi) is 2.26. The minimum absolute atomic E-state index is 0.406. The SMILES string of the molecule is [2H]C1([2H])CCOc2c1ccc(C)c2-c1cccc[n+]1C. The average Bonchev–Trinajstić information content (AvgIpc) is 2.39. The molecular formula is C16H18NO+. The van der Waals surface area contributed by atoms with E-state index in [1.54, 1.807) is 0 Å². The molecule has 2 aromatic rings. The first-order valence-corrected chi connectivity index (χ1v) is 6.22. The van der Waals surface area contributed by atoms with E-state index >= 15 is 0 Å². The van der Waals surface area contributed by atoms with E-state index in [1.807, 2.05) is 55.1 Å². The van der Waals surface area contributed by atoms with Crippen molar-refractivity contribution in [2.75, 3.05) is 6.61 Å². The number of aryl methyl sites for hydroxylation is 3. The Balaban J connectivity index is 2.29. The lowest BCUT2D eigenvalue weighted by atomic mass is 9.96. The Hall–Kier alpha value is -1.83. The quantitative estimate of drug-likeness (QED) is 0.701. The number of fused-ring (bicyclic) bond motifs is 1. The van der Waals surface area contributed by atoms with Crippen LogP contribution in [0.25, 0.3) is 11.3 Å². The molecule has 1 aliphatic rings. The molecule has 0 radical (unpaired) electrons. The van der Waals surface area contributed by atoms with Gasteiger partial charge in [0.15, 0.2) is 6.20 Å². The number of hydrogen-bond donors (Lipinski definition) is 0. The lowest BCUT2D eigenvalue weighted by Crippen LogP contribution is -2.30. The molecule has 0 bridgehead atoms. The van der Waals surface area contributed by atoms with E-state index < -0.39 is 6.37 Å². The maximum absolute atomic E-state index is 8.17. The zero-order valence-corrected chi connectivity index (χ0v) is 10.7. The third kappa shape index (κ3) is 1.78. The second-order valence-electron chi connectivity index (χ2n) is 4.61. The fraction of sp³-hybridized carbons (Fsp3) is 0.312. The van der Waals surface area contributed by atoms with Gasteiger partial charge in [0.2, 0.25) is 5.69 Å². The maximum Gasteiger partial charge on any atom is 0.216 e. The van der Waals surface area contributed by atoms with Gasteiger partial charge >= 0.3 is 0 Å². The number of hydrogen-bond acceptors (Lipinski definition) is 1. The van der Waals surface area contributed by atoms with Gasteiger partial charge in [-0.1, -0.05) is 12.1 Å². The van der Waals surface area contributed by atoms with E-state index in [0.29, 0.717) is 24.3 Å². The molecule has 2 heterocycles. The molecule has 92 valence electrons. The highest BCUT2D eigenvalue weighted by Gasteiger charge is 2.22. The Morgan fingerprint density at radius 1 is 1.28 bits per heavy atom. The summed E-state index contributed by atoms with van der Waals surface area (Å²) in [5, 5.41) is 0. The Labute approximate surface area is 111 Å². The zero-order valence-electron chi connectivity index (χ0n) is 12.7. The van der Waals surface area contributed by atoms with Crippen LogP contribution >= 0.6 is 0 Å². The molecule has 2 heteroatoms. The molecule has 0 saturated carbocycles. The van der Waals surface area contributed by atoms with Gasteiger partial charge in [-0.25, -0.2) is 4.57 Å². The predicted octanol–water partition coefficient (Wildman–Crippen LogP) is 2.81. The van der Waals surface area contributed by atoms with Crippen molar-refractivity contribution in [3.8, 4) is 17.0 Å². The molecule has 1 aromatic carbocycles. The Morgan fingerprint density at radius 3 is 3.00 bits per heavy atom. The van der Waals surface area contributed by atoms with Crippen molar-refractivity contribution in [3.05, 3.63) is 47.7 Å². The fourth-order valence-corrected chi connectivity index (χ4v) is 2.41. The molecule has 0 saturated heterocycles. The van der Waals surface area contributed by atoms with Gasteiger partial charge in [-0.2, -0.15) is 0 Å². The molecule has 3 rings (SSSR count). The van der Waals surface area contributed by atoms with Gasteiger partial charge in [0.1, 0.15) is 12.8 Å². The number of rotatable bonds is 1. The molecule has 0 N–H and O–H groups in total. The molecule has 0 aliphatic carbocycles. The van der Waals surface area contributed by atoms with Gasteiger partial charge in [-0.3, -0.25) is 0 Å². The molecule has 0 atom stereocenters. The van der Waals surface area contributed by atoms with Crippen molar-refractivity contribution in [2.45, 2.75) is 19.7 Å². The van der Waals surface area contributed by atoms with Gasteiger partial charge < -0.3 is 4.74 Å².